The molecule has 0 bridgehead atoms. The number of carbonyl (C=O) groups is 1. The molecule has 3 aromatic rings. The zero-order valence-electron chi connectivity index (χ0n) is 16.9. The Labute approximate surface area is 168 Å². The Balaban J connectivity index is 2.09. The van der Waals surface area contributed by atoms with E-state index in [0.717, 1.165) is 10.2 Å². The second-order valence-electron chi connectivity index (χ2n) is 6.66. The van der Waals surface area contributed by atoms with Gasteiger partial charge in [-0.1, -0.05) is 31.3 Å². The van der Waals surface area contributed by atoms with Crippen LogP contribution in [0, 0.1) is 0 Å². The van der Waals surface area contributed by atoms with Gasteiger partial charge in [0.2, 0.25) is 5.75 Å². The molecule has 0 aliphatic rings. The lowest BCUT2D eigenvalue weighted by Crippen LogP contribution is -2.13. The van der Waals surface area contributed by atoms with Gasteiger partial charge in [0.25, 0.3) is 5.91 Å². The third kappa shape index (κ3) is 3.62. The van der Waals surface area contributed by atoms with Crippen LogP contribution in [0.5, 0.6) is 17.2 Å². The van der Waals surface area contributed by atoms with Crippen LogP contribution in [-0.4, -0.2) is 31.8 Å². The van der Waals surface area contributed by atoms with Gasteiger partial charge >= 0.3 is 0 Å². The van der Waals surface area contributed by atoms with Gasteiger partial charge in [-0.25, -0.2) is 0 Å². The van der Waals surface area contributed by atoms with E-state index >= 15 is 0 Å². The van der Waals surface area contributed by atoms with E-state index in [0.29, 0.717) is 33.5 Å². The Morgan fingerprint density at radius 3 is 2.21 bits per heavy atom. The van der Waals surface area contributed by atoms with Gasteiger partial charge in [0.15, 0.2) is 16.3 Å². The Morgan fingerprint density at radius 1 is 1.04 bits per heavy atom. The van der Waals surface area contributed by atoms with Crippen LogP contribution in [0.1, 0.15) is 35.7 Å². The summed E-state index contributed by atoms with van der Waals surface area (Å²) in [5.41, 5.74) is 2.68. The summed E-state index contributed by atoms with van der Waals surface area (Å²) >= 11 is 1.49. The number of methoxy groups -OCH3 is 3. The number of aromatic nitrogens is 1. The molecule has 1 aromatic heterocycles. The first kappa shape index (κ1) is 19.9. The van der Waals surface area contributed by atoms with Crippen molar-refractivity contribution in [3.05, 3.63) is 46.3 Å². The van der Waals surface area contributed by atoms with Crippen molar-refractivity contribution in [2.24, 2.45) is 12.0 Å². The van der Waals surface area contributed by atoms with Crippen LogP contribution in [-0.2, 0) is 7.05 Å². The number of ether oxygens (including phenoxy) is 3. The van der Waals surface area contributed by atoms with Gasteiger partial charge in [0.05, 0.1) is 31.5 Å². The van der Waals surface area contributed by atoms with Crippen LogP contribution in [0.15, 0.2) is 35.3 Å². The summed E-state index contributed by atoms with van der Waals surface area (Å²) in [7, 11) is 6.46. The zero-order valence-corrected chi connectivity index (χ0v) is 17.7. The normalized spacial score (nSPS) is 11.9. The average Bonchev–Trinajstić information content (AvgIpc) is 3.01. The summed E-state index contributed by atoms with van der Waals surface area (Å²) in [6, 6.07) is 9.57. The van der Waals surface area contributed by atoms with Crippen molar-refractivity contribution in [1.82, 2.24) is 4.57 Å². The van der Waals surface area contributed by atoms with Crippen LogP contribution in [0.3, 0.4) is 0 Å². The molecule has 28 heavy (non-hydrogen) atoms. The Kier molecular flexibility index (Phi) is 5.74. The van der Waals surface area contributed by atoms with Crippen molar-refractivity contribution in [2.75, 3.05) is 21.3 Å². The Bertz CT molecular complexity index is 1070. The Morgan fingerprint density at radius 2 is 1.68 bits per heavy atom. The molecule has 0 unspecified atom stereocenters. The minimum absolute atomic E-state index is 0.370. The van der Waals surface area contributed by atoms with Crippen molar-refractivity contribution < 1.29 is 19.0 Å². The van der Waals surface area contributed by atoms with E-state index in [9.17, 15) is 4.79 Å². The van der Waals surface area contributed by atoms with Gasteiger partial charge in [-0.2, -0.15) is 4.99 Å². The molecule has 0 saturated heterocycles. The number of hydrogen-bond donors (Lipinski definition) is 0. The first-order chi connectivity index (χ1) is 13.4. The van der Waals surface area contributed by atoms with E-state index in [1.807, 2.05) is 11.6 Å². The number of nitrogens with zero attached hydrogens (tertiary/aromatic N) is 2. The van der Waals surface area contributed by atoms with Crippen LogP contribution >= 0.6 is 11.3 Å². The molecule has 2 aromatic carbocycles. The molecule has 0 aliphatic carbocycles. The molecule has 1 amide bonds. The molecular weight excluding hydrogens is 376 g/mol. The third-order valence-electron chi connectivity index (χ3n) is 4.61. The summed E-state index contributed by atoms with van der Waals surface area (Å²) in [6.07, 6.45) is 0. The maximum absolute atomic E-state index is 12.8. The number of hydrogen-bond acceptors (Lipinski definition) is 5. The maximum Gasteiger partial charge on any atom is 0.279 e. The second-order valence-corrected chi connectivity index (χ2v) is 7.67. The number of thiazole rings is 1. The Hall–Kier alpha value is -2.80. The molecule has 1 heterocycles. The summed E-state index contributed by atoms with van der Waals surface area (Å²) in [5, 5.41) is 0. The van der Waals surface area contributed by atoms with Crippen LogP contribution < -0.4 is 19.0 Å². The summed E-state index contributed by atoms with van der Waals surface area (Å²) in [6.45, 7) is 4.32. The van der Waals surface area contributed by atoms with Crippen LogP contribution in [0.2, 0.25) is 0 Å². The molecule has 0 saturated carbocycles. The predicted molar refractivity (Wildman–Crippen MR) is 111 cm³/mol. The number of rotatable bonds is 5. The van der Waals surface area contributed by atoms with Gasteiger partial charge in [0, 0.05) is 12.6 Å². The molecule has 0 atom stereocenters. The van der Waals surface area contributed by atoms with Crippen molar-refractivity contribution >= 4 is 27.5 Å². The van der Waals surface area contributed by atoms with E-state index in [2.05, 4.69) is 37.0 Å². The summed E-state index contributed by atoms with van der Waals surface area (Å²) in [5.74, 6) is 1.35. The minimum atomic E-state index is -0.370. The van der Waals surface area contributed by atoms with Crippen LogP contribution in [0.4, 0.5) is 0 Å². The number of amides is 1. The van der Waals surface area contributed by atoms with Gasteiger partial charge < -0.3 is 18.8 Å². The fraction of sp³-hybridized carbons (Fsp3) is 0.333. The topological polar surface area (TPSA) is 62.0 Å². The van der Waals surface area contributed by atoms with Gasteiger partial charge in [-0.3, -0.25) is 4.79 Å². The number of carbonyl (C=O) groups excluding carboxylic acids is 1. The van der Waals surface area contributed by atoms with Gasteiger partial charge in [-0.15, -0.1) is 0 Å². The highest BCUT2D eigenvalue weighted by Crippen LogP contribution is 2.38. The lowest BCUT2D eigenvalue weighted by Gasteiger charge is -2.12. The van der Waals surface area contributed by atoms with E-state index in [1.54, 1.807) is 12.1 Å². The average molecular weight is 401 g/mol. The molecule has 0 fully saturated rings. The first-order valence-corrected chi connectivity index (χ1v) is 9.69. The molecule has 0 radical (unpaired) electrons. The quantitative estimate of drug-likeness (QED) is 0.646. The SMILES string of the molecule is COc1cc(C(=O)N=c2sc3cc(C(C)C)ccc3n2C)cc(OC)c1OC. The maximum atomic E-state index is 12.8. The van der Waals surface area contributed by atoms with E-state index in [1.165, 1.54) is 38.2 Å². The monoisotopic (exact) mass is 400 g/mol. The molecular formula is C21H24N2O4S. The van der Waals surface area contributed by atoms with Crippen molar-refractivity contribution in [1.29, 1.82) is 0 Å². The molecule has 3 rings (SSSR count). The lowest BCUT2D eigenvalue weighted by atomic mass is 10.0. The fourth-order valence-electron chi connectivity index (χ4n) is 2.97. The molecule has 0 aliphatic heterocycles. The van der Waals surface area contributed by atoms with Crippen molar-refractivity contribution in [3.8, 4) is 17.2 Å². The predicted octanol–water partition coefficient (Wildman–Crippen LogP) is 4.13. The minimum Gasteiger partial charge on any atom is -0.493 e. The molecule has 0 spiro atoms. The largest absolute Gasteiger partial charge is 0.493 e. The highest BCUT2D eigenvalue weighted by molar-refractivity contribution is 7.16. The zero-order chi connectivity index (χ0) is 20.4. The van der Waals surface area contributed by atoms with Crippen molar-refractivity contribution in [2.45, 2.75) is 19.8 Å². The standard InChI is InChI=1S/C21H24N2O4S/c1-12(2)13-7-8-15-18(11-13)28-21(23(15)3)22-20(24)14-9-16(25-4)19(27-6)17(10-14)26-5/h7-12H,1-6H3. The van der Waals surface area contributed by atoms with E-state index in [4.69, 9.17) is 14.2 Å². The highest BCUT2D eigenvalue weighted by Gasteiger charge is 2.17. The number of aryl methyl sites for hydroxylation is 1. The third-order valence-corrected chi connectivity index (χ3v) is 5.70. The lowest BCUT2D eigenvalue weighted by molar-refractivity contribution is 0.0997. The summed E-state index contributed by atoms with van der Waals surface area (Å²) in [4.78, 5) is 17.8. The molecule has 148 valence electrons. The van der Waals surface area contributed by atoms with E-state index < -0.39 is 0 Å². The first-order valence-electron chi connectivity index (χ1n) is 8.88. The number of fused-ring (bicyclic) bond motifs is 1. The van der Waals surface area contributed by atoms with Gasteiger partial charge in [0.1, 0.15) is 0 Å². The number of benzene rings is 2. The smallest absolute Gasteiger partial charge is 0.279 e. The fourth-order valence-corrected chi connectivity index (χ4v) is 4.04. The van der Waals surface area contributed by atoms with Crippen molar-refractivity contribution in [3.63, 3.8) is 0 Å². The second kappa shape index (κ2) is 8.06. The molecule has 0 N–H and O–H groups in total. The molecule has 6 nitrogen and oxygen atoms in total. The summed E-state index contributed by atoms with van der Waals surface area (Å²) < 4.78 is 19.0. The molecule has 7 heteroatoms. The van der Waals surface area contributed by atoms with Crippen LogP contribution in [0.25, 0.3) is 10.2 Å². The van der Waals surface area contributed by atoms with E-state index in [-0.39, 0.29) is 5.91 Å². The van der Waals surface area contributed by atoms with Gasteiger partial charge in [-0.05, 0) is 35.7 Å². The highest BCUT2D eigenvalue weighted by atomic mass is 32.1.